The lowest BCUT2D eigenvalue weighted by Crippen LogP contribution is -2.46. The molecule has 7 nitrogen and oxygen atoms in total. The van der Waals surface area contributed by atoms with Gasteiger partial charge in [-0.25, -0.2) is 9.97 Å². The van der Waals surface area contributed by atoms with Crippen LogP contribution in [0.2, 0.25) is 0 Å². The summed E-state index contributed by atoms with van der Waals surface area (Å²) >= 11 is 0. The summed E-state index contributed by atoms with van der Waals surface area (Å²) in [6, 6.07) is 2.00. The molecular weight excluding hydrogens is 314 g/mol. The molecule has 0 saturated carbocycles. The maximum absolute atomic E-state index is 4.52. The Morgan fingerprint density at radius 2 is 1.96 bits per heavy atom. The van der Waals surface area contributed by atoms with Gasteiger partial charge in [-0.1, -0.05) is 13.8 Å². The Morgan fingerprint density at radius 3 is 2.76 bits per heavy atom. The maximum Gasteiger partial charge on any atom is 0.140 e. The van der Waals surface area contributed by atoms with E-state index in [9.17, 15) is 0 Å². The van der Waals surface area contributed by atoms with E-state index >= 15 is 0 Å². The molecule has 0 radical (unpaired) electrons. The molecule has 7 heteroatoms. The van der Waals surface area contributed by atoms with E-state index in [2.05, 4.69) is 48.8 Å². The topological polar surface area (TPSA) is 73.8 Å². The normalized spacial score (nSPS) is 16.0. The first kappa shape index (κ1) is 16.0. The number of rotatable bonds is 4. The zero-order valence-corrected chi connectivity index (χ0v) is 14.7. The molecule has 0 spiro atoms. The van der Waals surface area contributed by atoms with E-state index in [1.165, 1.54) is 11.3 Å². The first-order valence-corrected chi connectivity index (χ1v) is 8.76. The molecule has 0 unspecified atom stereocenters. The Morgan fingerprint density at radius 1 is 1.12 bits per heavy atom. The number of pyridine rings is 1. The minimum Gasteiger partial charge on any atom is -0.353 e. The second-order valence-electron chi connectivity index (χ2n) is 6.82. The van der Waals surface area contributed by atoms with Crippen LogP contribution in [-0.2, 0) is 6.54 Å². The van der Waals surface area contributed by atoms with Gasteiger partial charge in [-0.15, -0.1) is 0 Å². The van der Waals surface area contributed by atoms with Crippen LogP contribution in [0.4, 0.5) is 5.82 Å². The molecule has 0 aromatic carbocycles. The van der Waals surface area contributed by atoms with Gasteiger partial charge in [0.05, 0.1) is 17.9 Å². The molecule has 0 bridgehead atoms. The second-order valence-corrected chi connectivity index (χ2v) is 6.82. The molecule has 1 fully saturated rings. The SMILES string of the molecule is CC(C)c1[nH]ncc1CN1CCN(c2ncnc3cnccc23)CC1. The van der Waals surface area contributed by atoms with Crippen molar-refractivity contribution in [1.29, 1.82) is 0 Å². The summed E-state index contributed by atoms with van der Waals surface area (Å²) in [6.45, 7) is 9.30. The lowest BCUT2D eigenvalue weighted by atomic mass is 10.1. The Bertz CT molecular complexity index is 844. The van der Waals surface area contributed by atoms with Crippen molar-refractivity contribution in [2.24, 2.45) is 0 Å². The number of hydrogen-bond acceptors (Lipinski definition) is 6. The van der Waals surface area contributed by atoms with E-state index in [-0.39, 0.29) is 0 Å². The van der Waals surface area contributed by atoms with E-state index in [0.29, 0.717) is 5.92 Å². The molecule has 4 heterocycles. The predicted molar refractivity (Wildman–Crippen MR) is 97.5 cm³/mol. The van der Waals surface area contributed by atoms with Crippen LogP contribution in [0.3, 0.4) is 0 Å². The summed E-state index contributed by atoms with van der Waals surface area (Å²) in [5, 5.41) is 8.43. The number of nitrogens with zero attached hydrogens (tertiary/aromatic N) is 6. The smallest absolute Gasteiger partial charge is 0.140 e. The van der Waals surface area contributed by atoms with Gasteiger partial charge >= 0.3 is 0 Å². The van der Waals surface area contributed by atoms with Crippen LogP contribution in [-0.4, -0.2) is 56.2 Å². The van der Waals surface area contributed by atoms with E-state index in [1.54, 1.807) is 18.7 Å². The zero-order chi connectivity index (χ0) is 17.2. The van der Waals surface area contributed by atoms with Crippen molar-refractivity contribution in [3.8, 4) is 0 Å². The van der Waals surface area contributed by atoms with E-state index in [4.69, 9.17) is 0 Å². The minimum atomic E-state index is 0.472. The van der Waals surface area contributed by atoms with E-state index in [0.717, 1.165) is 49.4 Å². The van der Waals surface area contributed by atoms with Crippen LogP contribution in [0.1, 0.15) is 31.0 Å². The number of piperazine rings is 1. The van der Waals surface area contributed by atoms with Gasteiger partial charge < -0.3 is 4.90 Å². The van der Waals surface area contributed by atoms with Crippen LogP contribution in [0.25, 0.3) is 10.9 Å². The molecule has 0 aliphatic carbocycles. The minimum absolute atomic E-state index is 0.472. The second kappa shape index (κ2) is 6.76. The van der Waals surface area contributed by atoms with Gasteiger partial charge in [0.1, 0.15) is 12.1 Å². The summed E-state index contributed by atoms with van der Waals surface area (Å²) in [5.74, 6) is 1.48. The highest BCUT2D eigenvalue weighted by Crippen LogP contribution is 2.24. The van der Waals surface area contributed by atoms with Crippen molar-refractivity contribution < 1.29 is 0 Å². The Labute approximate surface area is 147 Å². The van der Waals surface area contributed by atoms with Crippen molar-refractivity contribution in [1.82, 2.24) is 30.0 Å². The summed E-state index contributed by atoms with van der Waals surface area (Å²) in [7, 11) is 0. The molecule has 1 aliphatic rings. The van der Waals surface area contributed by atoms with Crippen LogP contribution in [0.5, 0.6) is 0 Å². The van der Waals surface area contributed by atoms with Crippen LogP contribution in [0.15, 0.2) is 31.0 Å². The van der Waals surface area contributed by atoms with Crippen molar-refractivity contribution in [2.75, 3.05) is 31.1 Å². The third kappa shape index (κ3) is 3.19. The van der Waals surface area contributed by atoms with Gasteiger partial charge in [-0.3, -0.25) is 15.0 Å². The fraction of sp³-hybridized carbons (Fsp3) is 0.444. The molecule has 0 atom stereocenters. The number of fused-ring (bicyclic) bond motifs is 1. The highest BCUT2D eigenvalue weighted by atomic mass is 15.3. The largest absolute Gasteiger partial charge is 0.353 e. The highest BCUT2D eigenvalue weighted by molar-refractivity contribution is 5.88. The van der Waals surface area contributed by atoms with E-state index < -0.39 is 0 Å². The maximum atomic E-state index is 4.52. The summed E-state index contributed by atoms with van der Waals surface area (Å²) in [5.41, 5.74) is 3.45. The molecule has 1 N–H and O–H groups in total. The van der Waals surface area contributed by atoms with Crippen LogP contribution < -0.4 is 4.90 Å². The van der Waals surface area contributed by atoms with Crippen LogP contribution >= 0.6 is 0 Å². The molecule has 3 aromatic rings. The standard InChI is InChI=1S/C18H23N7/c1-13(2)17-14(9-22-23-17)11-24-5-7-25(8-6-24)18-15-3-4-19-10-16(15)20-12-21-18/h3-4,9-10,12-13H,5-8,11H2,1-2H3,(H,22,23). The molecule has 1 saturated heterocycles. The first-order chi connectivity index (χ1) is 12.2. The Kier molecular flexibility index (Phi) is 4.31. The summed E-state index contributed by atoms with van der Waals surface area (Å²) in [4.78, 5) is 17.8. The predicted octanol–water partition coefficient (Wildman–Crippen LogP) is 2.19. The molecule has 0 amide bonds. The van der Waals surface area contributed by atoms with Gasteiger partial charge in [-0.05, 0) is 12.0 Å². The quantitative estimate of drug-likeness (QED) is 0.787. The Hall–Kier alpha value is -2.54. The fourth-order valence-electron chi connectivity index (χ4n) is 3.45. The van der Waals surface area contributed by atoms with Gasteiger partial charge in [0.25, 0.3) is 0 Å². The number of hydrogen-bond donors (Lipinski definition) is 1. The molecule has 25 heavy (non-hydrogen) atoms. The van der Waals surface area contributed by atoms with E-state index in [1.807, 2.05) is 12.3 Å². The number of aromatic amines is 1. The van der Waals surface area contributed by atoms with Gasteiger partial charge in [0, 0.05) is 55.6 Å². The number of nitrogens with one attached hydrogen (secondary N) is 1. The molecular formula is C18H23N7. The van der Waals surface area contributed by atoms with Gasteiger partial charge in [-0.2, -0.15) is 5.10 Å². The zero-order valence-electron chi connectivity index (χ0n) is 14.7. The number of anilines is 1. The van der Waals surface area contributed by atoms with Crippen molar-refractivity contribution in [3.63, 3.8) is 0 Å². The average Bonchev–Trinajstić information content (AvgIpc) is 3.10. The van der Waals surface area contributed by atoms with Crippen LogP contribution in [0, 0.1) is 0 Å². The summed E-state index contributed by atoms with van der Waals surface area (Å²) < 4.78 is 0. The van der Waals surface area contributed by atoms with Crippen molar-refractivity contribution >= 4 is 16.7 Å². The molecule has 3 aromatic heterocycles. The first-order valence-electron chi connectivity index (χ1n) is 8.76. The van der Waals surface area contributed by atoms with Crippen molar-refractivity contribution in [2.45, 2.75) is 26.3 Å². The average molecular weight is 337 g/mol. The number of aromatic nitrogens is 5. The van der Waals surface area contributed by atoms with Gasteiger partial charge in [0.2, 0.25) is 0 Å². The highest BCUT2D eigenvalue weighted by Gasteiger charge is 2.21. The summed E-state index contributed by atoms with van der Waals surface area (Å²) in [6.07, 6.45) is 7.19. The third-order valence-electron chi connectivity index (χ3n) is 4.81. The molecule has 1 aliphatic heterocycles. The fourth-order valence-corrected chi connectivity index (χ4v) is 3.45. The third-order valence-corrected chi connectivity index (χ3v) is 4.81. The van der Waals surface area contributed by atoms with Gasteiger partial charge in [0.15, 0.2) is 0 Å². The molecule has 4 rings (SSSR count). The van der Waals surface area contributed by atoms with Crippen molar-refractivity contribution in [3.05, 3.63) is 42.2 Å². The monoisotopic (exact) mass is 337 g/mol. The molecule has 130 valence electrons. The lowest BCUT2D eigenvalue weighted by Gasteiger charge is -2.35. The number of H-pyrrole nitrogens is 1. The Balaban J connectivity index is 1.45. The lowest BCUT2D eigenvalue weighted by molar-refractivity contribution is 0.248.